The molecule has 5 nitrogen and oxygen atoms in total. The lowest BCUT2D eigenvalue weighted by Crippen LogP contribution is -2.07. The minimum atomic E-state index is -0.464. The van der Waals surface area contributed by atoms with Crippen LogP contribution in [-0.4, -0.2) is 19.7 Å². The lowest BCUT2D eigenvalue weighted by atomic mass is 10.2. The van der Waals surface area contributed by atoms with Crippen molar-refractivity contribution in [3.8, 4) is 11.8 Å². The summed E-state index contributed by atoms with van der Waals surface area (Å²) in [5.74, 6) is 0.0440. The molecule has 0 aliphatic heterocycles. The van der Waals surface area contributed by atoms with E-state index in [0.717, 1.165) is 0 Å². The third-order valence-corrected chi connectivity index (χ3v) is 2.07. The molecule has 0 aliphatic carbocycles. The Morgan fingerprint density at radius 3 is 2.88 bits per heavy atom. The summed E-state index contributed by atoms with van der Waals surface area (Å²) in [6, 6.07) is 6.68. The van der Waals surface area contributed by atoms with E-state index in [1.54, 1.807) is 12.1 Å². The number of ether oxygens (including phenoxy) is 2. The van der Waals surface area contributed by atoms with E-state index in [1.807, 2.05) is 6.07 Å². The van der Waals surface area contributed by atoms with Crippen molar-refractivity contribution in [2.75, 3.05) is 19.5 Å². The van der Waals surface area contributed by atoms with Gasteiger partial charge in [-0.05, 0) is 18.6 Å². The minimum absolute atomic E-state index is 0.226. The number of carbonyl (C=O) groups excluding carboxylic acids is 1. The molecule has 0 bridgehead atoms. The number of benzene rings is 1. The average Bonchev–Trinajstić information content (AvgIpc) is 2.33. The highest BCUT2D eigenvalue weighted by Gasteiger charge is 2.09. The van der Waals surface area contributed by atoms with E-state index in [4.69, 9.17) is 20.5 Å². The zero-order chi connectivity index (χ0) is 12.7. The number of unbranched alkanes of at least 4 members (excludes halogenated alkanes) is 1. The molecule has 0 amide bonds. The maximum atomic E-state index is 11.6. The van der Waals surface area contributed by atoms with Crippen molar-refractivity contribution in [2.45, 2.75) is 12.8 Å². The number of nitrogens with zero attached hydrogens (tertiary/aromatic N) is 1. The Hall–Kier alpha value is -2.22. The van der Waals surface area contributed by atoms with Crippen molar-refractivity contribution in [1.29, 1.82) is 5.26 Å². The van der Waals surface area contributed by atoms with Crippen molar-refractivity contribution in [3.63, 3.8) is 0 Å². The molecular formula is C12H14N2O3. The van der Waals surface area contributed by atoms with Crippen LogP contribution in [0.3, 0.4) is 0 Å². The first-order chi connectivity index (χ1) is 8.17. The van der Waals surface area contributed by atoms with Crippen LogP contribution in [0, 0.1) is 11.3 Å². The van der Waals surface area contributed by atoms with Gasteiger partial charge in [0.15, 0.2) is 0 Å². The number of nitrogens with two attached hydrogens (primary N) is 1. The van der Waals surface area contributed by atoms with Crippen LogP contribution in [0.2, 0.25) is 0 Å². The molecule has 0 saturated carbocycles. The molecule has 0 aromatic heterocycles. The van der Waals surface area contributed by atoms with Crippen LogP contribution in [0.15, 0.2) is 18.2 Å². The van der Waals surface area contributed by atoms with E-state index in [2.05, 4.69) is 0 Å². The molecular weight excluding hydrogens is 220 g/mol. The molecule has 0 unspecified atom stereocenters. The number of carbonyl (C=O) groups is 1. The summed E-state index contributed by atoms with van der Waals surface area (Å²) in [5.41, 5.74) is 6.40. The molecule has 0 spiro atoms. The topological polar surface area (TPSA) is 85.3 Å². The third-order valence-electron chi connectivity index (χ3n) is 2.07. The summed E-state index contributed by atoms with van der Waals surface area (Å²) in [5, 5.41) is 8.33. The number of nitriles is 1. The second-order valence-corrected chi connectivity index (χ2v) is 3.39. The zero-order valence-corrected chi connectivity index (χ0v) is 9.60. The van der Waals surface area contributed by atoms with E-state index in [1.165, 1.54) is 13.2 Å². The quantitative estimate of drug-likeness (QED) is 0.476. The number of methoxy groups -OCH3 is 1. The predicted octanol–water partition coefficient (Wildman–Crippen LogP) is 1.74. The van der Waals surface area contributed by atoms with E-state index in [9.17, 15) is 4.79 Å². The summed E-state index contributed by atoms with van der Waals surface area (Å²) in [6.45, 7) is 0.226. The van der Waals surface area contributed by atoms with Crippen LogP contribution in [0.25, 0.3) is 0 Å². The second-order valence-electron chi connectivity index (χ2n) is 3.39. The van der Waals surface area contributed by atoms with Crippen molar-refractivity contribution >= 4 is 11.7 Å². The zero-order valence-electron chi connectivity index (χ0n) is 9.60. The molecule has 2 N–H and O–H groups in total. The molecule has 17 heavy (non-hydrogen) atoms. The van der Waals surface area contributed by atoms with Crippen LogP contribution in [0.1, 0.15) is 23.2 Å². The van der Waals surface area contributed by atoms with Crippen LogP contribution < -0.4 is 10.5 Å². The predicted molar refractivity (Wildman–Crippen MR) is 62.5 cm³/mol. The molecule has 0 radical (unpaired) electrons. The first-order valence-corrected chi connectivity index (χ1v) is 5.16. The van der Waals surface area contributed by atoms with E-state index >= 15 is 0 Å². The lowest BCUT2D eigenvalue weighted by molar-refractivity contribution is 0.0501. The maximum absolute atomic E-state index is 11.6. The lowest BCUT2D eigenvalue weighted by Gasteiger charge is -2.06. The highest BCUT2D eigenvalue weighted by Crippen LogP contribution is 2.19. The van der Waals surface area contributed by atoms with Crippen LogP contribution in [0.5, 0.6) is 5.75 Å². The standard InChI is InChI=1S/C12H14N2O3/c1-16-11-7-9(6-10(14)8-11)12(15)17-5-3-2-4-13/h6-8H,2-3,5,14H2,1H3. The van der Waals surface area contributed by atoms with Crippen LogP contribution in [0.4, 0.5) is 5.69 Å². The first-order valence-electron chi connectivity index (χ1n) is 5.16. The number of hydrogen-bond donors (Lipinski definition) is 1. The average molecular weight is 234 g/mol. The summed E-state index contributed by atoms with van der Waals surface area (Å²) in [6.07, 6.45) is 0.898. The van der Waals surface area contributed by atoms with Crippen molar-refractivity contribution in [3.05, 3.63) is 23.8 Å². The van der Waals surface area contributed by atoms with E-state index < -0.39 is 5.97 Å². The number of anilines is 1. The van der Waals surface area contributed by atoms with Gasteiger partial charge < -0.3 is 15.2 Å². The molecule has 0 heterocycles. The summed E-state index contributed by atoms with van der Waals surface area (Å²) < 4.78 is 9.98. The minimum Gasteiger partial charge on any atom is -0.497 e. The molecule has 1 aromatic carbocycles. The van der Waals surface area contributed by atoms with E-state index in [0.29, 0.717) is 29.8 Å². The van der Waals surface area contributed by atoms with Gasteiger partial charge in [0, 0.05) is 18.2 Å². The molecule has 0 fully saturated rings. The highest BCUT2D eigenvalue weighted by atomic mass is 16.5. The van der Waals surface area contributed by atoms with E-state index in [-0.39, 0.29) is 6.61 Å². The van der Waals surface area contributed by atoms with Gasteiger partial charge in [0.2, 0.25) is 0 Å². The highest BCUT2D eigenvalue weighted by molar-refractivity contribution is 5.91. The Morgan fingerprint density at radius 2 is 2.24 bits per heavy atom. The Kier molecular flexibility index (Phi) is 4.82. The van der Waals surface area contributed by atoms with Crippen molar-refractivity contribution < 1.29 is 14.3 Å². The van der Waals surface area contributed by atoms with Gasteiger partial charge >= 0.3 is 5.97 Å². The van der Waals surface area contributed by atoms with Gasteiger partial charge in [-0.3, -0.25) is 0 Å². The van der Waals surface area contributed by atoms with Gasteiger partial charge in [-0.2, -0.15) is 5.26 Å². The summed E-state index contributed by atoms with van der Waals surface area (Å²) >= 11 is 0. The Bertz CT molecular complexity index is 438. The molecule has 0 aliphatic rings. The van der Waals surface area contributed by atoms with Gasteiger partial charge in [0.25, 0.3) is 0 Å². The number of hydrogen-bond acceptors (Lipinski definition) is 5. The third kappa shape index (κ3) is 4.03. The number of nitrogen functional groups attached to an aromatic ring is 1. The molecule has 0 atom stereocenters. The Balaban J connectivity index is 2.62. The fraction of sp³-hybridized carbons (Fsp3) is 0.333. The molecule has 1 rings (SSSR count). The molecule has 5 heteroatoms. The first kappa shape index (κ1) is 12.8. The van der Waals surface area contributed by atoms with Crippen molar-refractivity contribution in [2.24, 2.45) is 0 Å². The van der Waals surface area contributed by atoms with Gasteiger partial charge in [0.1, 0.15) is 5.75 Å². The normalized spacial score (nSPS) is 9.41. The second kappa shape index (κ2) is 6.38. The van der Waals surface area contributed by atoms with Gasteiger partial charge in [-0.25, -0.2) is 4.79 Å². The van der Waals surface area contributed by atoms with Crippen molar-refractivity contribution in [1.82, 2.24) is 0 Å². The largest absolute Gasteiger partial charge is 0.497 e. The summed E-state index contributed by atoms with van der Waals surface area (Å²) in [7, 11) is 1.50. The fourth-order valence-corrected chi connectivity index (χ4v) is 1.26. The van der Waals surface area contributed by atoms with Crippen LogP contribution >= 0.6 is 0 Å². The molecule has 90 valence electrons. The molecule has 1 aromatic rings. The van der Waals surface area contributed by atoms with Gasteiger partial charge in [0.05, 0.1) is 25.3 Å². The smallest absolute Gasteiger partial charge is 0.338 e. The monoisotopic (exact) mass is 234 g/mol. The number of rotatable bonds is 5. The van der Waals surface area contributed by atoms with Crippen LogP contribution in [-0.2, 0) is 4.74 Å². The number of esters is 1. The molecule has 0 saturated heterocycles. The SMILES string of the molecule is COc1cc(N)cc(C(=O)OCCCC#N)c1. The summed E-state index contributed by atoms with van der Waals surface area (Å²) in [4.78, 5) is 11.6. The fourth-order valence-electron chi connectivity index (χ4n) is 1.26. The van der Waals surface area contributed by atoms with Gasteiger partial charge in [-0.1, -0.05) is 0 Å². The Morgan fingerprint density at radius 1 is 1.47 bits per heavy atom. The maximum Gasteiger partial charge on any atom is 0.338 e. The Labute approximate surface area is 99.7 Å². The van der Waals surface area contributed by atoms with Gasteiger partial charge in [-0.15, -0.1) is 0 Å².